The van der Waals surface area contributed by atoms with Crippen molar-refractivity contribution in [1.82, 2.24) is 14.8 Å². The maximum atomic E-state index is 13.9. The van der Waals surface area contributed by atoms with Crippen LogP contribution in [0, 0.1) is 6.92 Å². The van der Waals surface area contributed by atoms with Crippen LogP contribution in [0.5, 0.6) is 0 Å². The summed E-state index contributed by atoms with van der Waals surface area (Å²) in [5.74, 6) is -0.507. The topological polar surface area (TPSA) is 60.8 Å². The molecule has 1 fully saturated rings. The highest BCUT2D eigenvalue weighted by atomic mass is 19.4. The molecule has 6 nitrogen and oxygen atoms in total. The first-order chi connectivity index (χ1) is 17.2. The zero-order chi connectivity index (χ0) is 25.7. The number of aliphatic imine (C=N–C) groups is 1. The minimum absolute atomic E-state index is 0.0930. The quantitative estimate of drug-likeness (QED) is 0.480. The molecule has 188 valence electrons. The highest BCUT2D eigenvalue weighted by Crippen LogP contribution is 2.35. The number of anilines is 1. The zero-order valence-corrected chi connectivity index (χ0v) is 20.2. The SMILES string of the molecule is Cc1ccc(C(=O)Nc2ccc(CN3CCN(C)CC3)c(C(F)(F)F)c2)cc1/N=C/c1cccnc1. The fourth-order valence-corrected chi connectivity index (χ4v) is 3.99. The van der Waals surface area contributed by atoms with E-state index in [4.69, 9.17) is 0 Å². The summed E-state index contributed by atoms with van der Waals surface area (Å²) in [6.07, 6.45) is 0.449. The van der Waals surface area contributed by atoms with Crippen molar-refractivity contribution in [2.75, 3.05) is 38.5 Å². The average molecular weight is 496 g/mol. The van der Waals surface area contributed by atoms with Crippen molar-refractivity contribution in [2.45, 2.75) is 19.6 Å². The maximum Gasteiger partial charge on any atom is 0.416 e. The summed E-state index contributed by atoms with van der Waals surface area (Å²) >= 11 is 0. The van der Waals surface area contributed by atoms with Gasteiger partial charge in [-0.2, -0.15) is 13.2 Å². The van der Waals surface area contributed by atoms with Crippen LogP contribution in [0.4, 0.5) is 24.5 Å². The predicted octanol–water partition coefficient (Wildman–Crippen LogP) is 5.16. The fourth-order valence-electron chi connectivity index (χ4n) is 3.99. The van der Waals surface area contributed by atoms with Crippen molar-refractivity contribution in [1.29, 1.82) is 0 Å². The van der Waals surface area contributed by atoms with E-state index in [0.717, 1.165) is 30.3 Å². The molecule has 1 amide bonds. The van der Waals surface area contributed by atoms with Gasteiger partial charge in [-0.25, -0.2) is 0 Å². The lowest BCUT2D eigenvalue weighted by molar-refractivity contribution is -0.138. The van der Waals surface area contributed by atoms with E-state index >= 15 is 0 Å². The van der Waals surface area contributed by atoms with Crippen molar-refractivity contribution in [2.24, 2.45) is 4.99 Å². The normalized spacial score (nSPS) is 15.4. The number of pyridine rings is 1. The molecule has 36 heavy (non-hydrogen) atoms. The molecule has 1 aliphatic heterocycles. The Kier molecular flexibility index (Phi) is 7.81. The molecule has 9 heteroatoms. The molecule has 0 atom stereocenters. The molecule has 4 rings (SSSR count). The number of aromatic nitrogens is 1. The van der Waals surface area contributed by atoms with E-state index in [2.05, 4.69) is 20.2 Å². The van der Waals surface area contributed by atoms with E-state index in [1.807, 2.05) is 24.9 Å². The Morgan fingerprint density at radius 1 is 1.11 bits per heavy atom. The van der Waals surface area contributed by atoms with Gasteiger partial charge in [0.1, 0.15) is 0 Å². The molecule has 0 aliphatic carbocycles. The number of halogens is 3. The Morgan fingerprint density at radius 3 is 2.58 bits per heavy atom. The lowest BCUT2D eigenvalue weighted by Gasteiger charge is -2.33. The summed E-state index contributed by atoms with van der Waals surface area (Å²) in [4.78, 5) is 25.5. The van der Waals surface area contributed by atoms with Crippen LogP contribution in [-0.4, -0.2) is 60.1 Å². The number of carbonyl (C=O) groups excluding carboxylic acids is 1. The number of rotatable bonds is 6. The molecular weight excluding hydrogens is 467 g/mol. The molecule has 0 radical (unpaired) electrons. The number of carbonyl (C=O) groups is 1. The first kappa shape index (κ1) is 25.5. The lowest BCUT2D eigenvalue weighted by Crippen LogP contribution is -2.44. The van der Waals surface area contributed by atoms with Crippen molar-refractivity contribution in [3.8, 4) is 0 Å². The lowest BCUT2D eigenvalue weighted by atomic mass is 10.0. The Hall–Kier alpha value is -3.56. The van der Waals surface area contributed by atoms with Crippen LogP contribution in [0.25, 0.3) is 0 Å². The summed E-state index contributed by atoms with van der Waals surface area (Å²) in [6, 6.07) is 12.6. The second-order valence-corrected chi connectivity index (χ2v) is 8.95. The molecule has 0 saturated carbocycles. The van der Waals surface area contributed by atoms with E-state index in [-0.39, 0.29) is 17.8 Å². The number of piperazine rings is 1. The fraction of sp³-hybridized carbons (Fsp3) is 0.296. The second-order valence-electron chi connectivity index (χ2n) is 8.95. The predicted molar refractivity (Wildman–Crippen MR) is 135 cm³/mol. The first-order valence-electron chi connectivity index (χ1n) is 11.7. The summed E-state index contributed by atoms with van der Waals surface area (Å²) < 4.78 is 41.6. The van der Waals surface area contributed by atoms with Gasteiger partial charge in [-0.3, -0.25) is 19.7 Å². The van der Waals surface area contributed by atoms with Crippen LogP contribution in [0.2, 0.25) is 0 Å². The number of benzene rings is 2. The van der Waals surface area contributed by atoms with Crippen molar-refractivity contribution in [3.05, 3.63) is 88.7 Å². The van der Waals surface area contributed by atoms with Crippen LogP contribution >= 0.6 is 0 Å². The van der Waals surface area contributed by atoms with E-state index in [1.54, 1.807) is 42.9 Å². The second kappa shape index (κ2) is 11.0. The number of amides is 1. The molecular formula is C27H28F3N5O. The molecule has 0 spiro atoms. The molecule has 2 aromatic carbocycles. The Labute approximate surface area is 208 Å². The average Bonchev–Trinajstić information content (AvgIpc) is 2.85. The van der Waals surface area contributed by atoms with Gasteiger partial charge in [-0.1, -0.05) is 18.2 Å². The number of hydrogen-bond acceptors (Lipinski definition) is 5. The Bertz CT molecular complexity index is 1240. The standard InChI is InChI=1S/C27H28F3N5O/c1-19-5-6-21(14-25(19)32-17-20-4-3-9-31-16-20)26(36)33-23-8-7-22(24(15-23)27(28,29)30)18-35-12-10-34(2)11-13-35/h3-9,14-17H,10-13,18H2,1-2H3,(H,33,36)/b32-17+. The Balaban J connectivity index is 1.51. The molecule has 3 aromatic rings. The summed E-state index contributed by atoms with van der Waals surface area (Å²) in [5, 5.41) is 2.61. The first-order valence-corrected chi connectivity index (χ1v) is 11.7. The number of nitrogens with zero attached hydrogens (tertiary/aromatic N) is 4. The van der Waals surface area contributed by atoms with Crippen molar-refractivity contribution in [3.63, 3.8) is 0 Å². The number of nitrogens with one attached hydrogen (secondary N) is 1. The van der Waals surface area contributed by atoms with Crippen LogP contribution < -0.4 is 5.32 Å². The van der Waals surface area contributed by atoms with E-state index < -0.39 is 17.6 Å². The third kappa shape index (κ3) is 6.56. The smallest absolute Gasteiger partial charge is 0.322 e. The highest BCUT2D eigenvalue weighted by molar-refractivity contribution is 6.05. The highest BCUT2D eigenvalue weighted by Gasteiger charge is 2.34. The molecule has 1 saturated heterocycles. The third-order valence-electron chi connectivity index (χ3n) is 6.17. The van der Waals surface area contributed by atoms with Crippen molar-refractivity contribution >= 4 is 23.5 Å². The molecule has 1 aromatic heterocycles. The van der Waals surface area contributed by atoms with Gasteiger partial charge in [0.2, 0.25) is 0 Å². The van der Waals surface area contributed by atoms with Crippen LogP contribution in [-0.2, 0) is 12.7 Å². The van der Waals surface area contributed by atoms with E-state index in [9.17, 15) is 18.0 Å². The molecule has 0 unspecified atom stereocenters. The third-order valence-corrected chi connectivity index (χ3v) is 6.17. The molecule has 1 N–H and O–H groups in total. The molecule has 1 aliphatic rings. The van der Waals surface area contributed by atoms with Gasteiger partial charge < -0.3 is 10.2 Å². The summed E-state index contributed by atoms with van der Waals surface area (Å²) in [5.41, 5.74) is 2.12. The van der Waals surface area contributed by atoms with Gasteiger partial charge in [0.15, 0.2) is 0 Å². The van der Waals surface area contributed by atoms with Crippen LogP contribution in [0.1, 0.15) is 32.6 Å². The maximum absolute atomic E-state index is 13.9. The van der Waals surface area contributed by atoms with E-state index in [1.165, 1.54) is 12.1 Å². The number of hydrogen-bond donors (Lipinski definition) is 1. The van der Waals surface area contributed by atoms with Crippen LogP contribution in [0.3, 0.4) is 0 Å². The number of aryl methyl sites for hydroxylation is 1. The molecule has 0 bridgehead atoms. The van der Waals surface area contributed by atoms with Gasteiger partial charge >= 0.3 is 6.18 Å². The van der Waals surface area contributed by atoms with Gasteiger partial charge in [0.05, 0.1) is 11.3 Å². The van der Waals surface area contributed by atoms with Crippen LogP contribution in [0.15, 0.2) is 65.9 Å². The largest absolute Gasteiger partial charge is 0.416 e. The minimum Gasteiger partial charge on any atom is -0.322 e. The minimum atomic E-state index is -4.53. The number of alkyl halides is 3. The Morgan fingerprint density at radius 2 is 1.89 bits per heavy atom. The van der Waals surface area contributed by atoms with Gasteiger partial charge in [0, 0.05) is 68.1 Å². The van der Waals surface area contributed by atoms with E-state index in [0.29, 0.717) is 24.3 Å². The summed E-state index contributed by atoms with van der Waals surface area (Å²) in [7, 11) is 2.00. The van der Waals surface area contributed by atoms with Crippen molar-refractivity contribution < 1.29 is 18.0 Å². The number of likely N-dealkylation sites (N-methyl/N-ethyl adjacent to an activating group) is 1. The summed E-state index contributed by atoms with van der Waals surface area (Å²) in [6.45, 7) is 5.15. The monoisotopic (exact) mass is 495 g/mol. The molecule has 2 heterocycles. The van der Waals surface area contributed by atoms with Gasteiger partial charge in [-0.05, 0) is 55.4 Å². The zero-order valence-electron chi connectivity index (χ0n) is 20.2. The van der Waals surface area contributed by atoms with Gasteiger partial charge in [-0.15, -0.1) is 0 Å². The van der Waals surface area contributed by atoms with Gasteiger partial charge in [0.25, 0.3) is 5.91 Å².